The molecule has 0 saturated heterocycles. The van der Waals surface area contributed by atoms with Crippen molar-refractivity contribution in [1.29, 1.82) is 0 Å². The number of benzene rings is 1. The maximum absolute atomic E-state index is 12.6. The molecule has 11 heteroatoms. The largest absolute Gasteiger partial charge is 0.472 e. The van der Waals surface area contributed by atoms with Crippen LogP contribution in [0.15, 0.2) is 24.3 Å². The molecule has 3 N–H and O–H groups in total. The summed E-state index contributed by atoms with van der Waals surface area (Å²) in [7, 11) is 1.55. The average molecular weight is 691 g/mol. The first kappa shape index (κ1) is 42.8. The predicted octanol–water partition coefficient (Wildman–Crippen LogP) is 9.73. The second-order valence-corrected chi connectivity index (χ2v) is 15.3. The number of anilines is 1. The number of quaternary nitrogens is 1. The Morgan fingerprint density at radius 1 is 0.804 bits per heavy atom. The fourth-order valence-corrected chi connectivity index (χ4v) is 6.02. The Hall–Kier alpha value is -1.19. The smallest absolute Gasteiger partial charge is 0.379 e. The van der Waals surface area contributed by atoms with Crippen molar-refractivity contribution in [2.45, 2.75) is 129 Å². The van der Waals surface area contributed by atoms with E-state index in [1.807, 2.05) is 21.1 Å². The first-order chi connectivity index (χ1) is 22.0. The lowest BCUT2D eigenvalue weighted by atomic mass is 10.0. The molecule has 0 aliphatic rings. The van der Waals surface area contributed by atoms with Gasteiger partial charge in [-0.05, 0) is 30.7 Å². The highest BCUT2D eigenvalue weighted by atomic mass is 35.5. The molecule has 1 aromatic carbocycles. The number of carbonyl (C=O) groups excluding carboxylic acids is 1. The molecule has 0 saturated carbocycles. The van der Waals surface area contributed by atoms with Gasteiger partial charge in [0.2, 0.25) is 0 Å². The minimum Gasteiger partial charge on any atom is -0.379 e. The van der Waals surface area contributed by atoms with E-state index in [4.69, 9.17) is 25.4 Å². The zero-order valence-corrected chi connectivity index (χ0v) is 31.1. The second-order valence-electron chi connectivity index (χ2n) is 13.5. The van der Waals surface area contributed by atoms with E-state index < -0.39 is 20.0 Å². The van der Waals surface area contributed by atoms with Crippen molar-refractivity contribution in [2.75, 3.05) is 59.4 Å². The number of rotatable bonds is 30. The number of ether oxygens (including phenoxy) is 1. The number of likely N-dealkylation sites (N-methyl/N-ethyl adjacent to an activating group) is 1. The highest BCUT2D eigenvalue weighted by Crippen LogP contribution is 2.44. The lowest BCUT2D eigenvalue weighted by Crippen LogP contribution is -2.39. The van der Waals surface area contributed by atoms with Crippen LogP contribution in [0, 0.1) is 0 Å². The number of carbonyl (C=O) groups is 1. The summed E-state index contributed by atoms with van der Waals surface area (Å²) in [6, 6.07) is 6.24. The molecule has 2 amide bonds. The minimum atomic E-state index is -4.34. The average Bonchev–Trinajstić information content (AvgIpc) is 2.99. The summed E-state index contributed by atoms with van der Waals surface area (Å²) in [5.74, 6) is 0. The summed E-state index contributed by atoms with van der Waals surface area (Å²) in [5, 5.41) is 5.95. The maximum Gasteiger partial charge on any atom is 0.472 e. The predicted molar refractivity (Wildman–Crippen MR) is 192 cm³/mol. The van der Waals surface area contributed by atoms with Crippen molar-refractivity contribution in [3.8, 4) is 0 Å². The van der Waals surface area contributed by atoms with E-state index in [1.165, 1.54) is 103 Å². The molecule has 268 valence electrons. The van der Waals surface area contributed by atoms with Gasteiger partial charge in [0, 0.05) is 23.9 Å². The SMILES string of the molecule is CCCCCCCCCCCCCCCCCCCCOCC(CNC(=O)Nc1ccc(Cl)cc1)OP(=O)(O)OCC[N+](C)(C)C. The molecule has 0 fully saturated rings. The molecular weight excluding hydrogens is 625 g/mol. The third kappa shape index (κ3) is 26.8. The van der Waals surface area contributed by atoms with Crippen molar-refractivity contribution in [3.63, 3.8) is 0 Å². The molecular formula is C35H66ClN3O6P+. The van der Waals surface area contributed by atoms with E-state index in [0.29, 0.717) is 28.3 Å². The van der Waals surface area contributed by atoms with E-state index in [-0.39, 0.29) is 19.8 Å². The third-order valence-electron chi connectivity index (χ3n) is 7.84. The standard InChI is InChI=1S/C35H65ClN3O6P/c1-5-6-7-8-9-10-11-12-13-14-15-16-17-18-19-20-21-22-28-43-31-34(45-46(41,42)44-29-27-39(2,3)4)30-37-35(40)38-33-25-23-32(36)24-26-33/h23-26,34H,5-22,27-31H2,1-4H3,(H2-,37,38,40,41,42)/p+1. The van der Waals surface area contributed by atoms with Gasteiger partial charge in [-0.1, -0.05) is 128 Å². The summed E-state index contributed by atoms with van der Waals surface area (Å²) in [5.41, 5.74) is 0.571. The van der Waals surface area contributed by atoms with Gasteiger partial charge < -0.3 is 24.7 Å². The van der Waals surface area contributed by atoms with E-state index in [0.717, 1.165) is 12.8 Å². The highest BCUT2D eigenvalue weighted by Gasteiger charge is 2.28. The molecule has 46 heavy (non-hydrogen) atoms. The summed E-state index contributed by atoms with van der Waals surface area (Å²) in [6.07, 6.45) is 22.9. The molecule has 0 spiro atoms. The van der Waals surface area contributed by atoms with Gasteiger partial charge in [-0.2, -0.15) is 0 Å². The normalized spacial score (nSPS) is 13.8. The quantitative estimate of drug-likeness (QED) is 0.0422. The Balaban J connectivity index is 2.20. The molecule has 1 rings (SSSR count). The van der Waals surface area contributed by atoms with Crippen LogP contribution in [0.3, 0.4) is 0 Å². The Bertz CT molecular complexity index is 932. The number of nitrogens with zero attached hydrogens (tertiary/aromatic N) is 1. The fourth-order valence-electron chi connectivity index (χ4n) is 5.01. The molecule has 0 radical (unpaired) electrons. The van der Waals surface area contributed by atoms with Crippen molar-refractivity contribution in [1.82, 2.24) is 5.32 Å². The molecule has 0 aliphatic carbocycles. The van der Waals surface area contributed by atoms with Crippen LogP contribution in [0.2, 0.25) is 5.02 Å². The summed E-state index contributed by atoms with van der Waals surface area (Å²) >= 11 is 5.90. The van der Waals surface area contributed by atoms with Gasteiger partial charge in [-0.15, -0.1) is 0 Å². The summed E-state index contributed by atoms with van der Waals surface area (Å²) < 4.78 is 29.5. The Morgan fingerprint density at radius 3 is 1.76 bits per heavy atom. The van der Waals surface area contributed by atoms with Crippen LogP contribution >= 0.6 is 19.4 Å². The summed E-state index contributed by atoms with van der Waals surface area (Å²) in [6.45, 7) is 3.43. The van der Waals surface area contributed by atoms with Crippen molar-refractivity contribution >= 4 is 31.1 Å². The second kappa shape index (κ2) is 26.7. The first-order valence-electron chi connectivity index (χ1n) is 17.8. The Labute approximate surface area is 285 Å². The lowest BCUT2D eigenvalue weighted by Gasteiger charge is -2.25. The number of halogens is 1. The number of urea groups is 1. The van der Waals surface area contributed by atoms with Crippen LogP contribution in [0.1, 0.15) is 122 Å². The topological polar surface area (TPSA) is 106 Å². The van der Waals surface area contributed by atoms with Crippen molar-refractivity contribution in [3.05, 3.63) is 29.3 Å². The third-order valence-corrected chi connectivity index (χ3v) is 9.16. The van der Waals surface area contributed by atoms with Crippen LogP contribution in [0.5, 0.6) is 0 Å². The monoisotopic (exact) mass is 690 g/mol. The maximum atomic E-state index is 12.6. The van der Waals surface area contributed by atoms with E-state index in [9.17, 15) is 14.3 Å². The number of unbranched alkanes of at least 4 members (excludes halogenated alkanes) is 17. The van der Waals surface area contributed by atoms with E-state index >= 15 is 0 Å². The number of phosphoric acid groups is 1. The molecule has 0 aromatic heterocycles. The number of phosphoric ester groups is 1. The number of nitrogens with one attached hydrogen (secondary N) is 2. The van der Waals surface area contributed by atoms with E-state index in [2.05, 4.69) is 17.6 Å². The van der Waals surface area contributed by atoms with E-state index in [1.54, 1.807) is 24.3 Å². The van der Waals surface area contributed by atoms with Crippen LogP contribution in [-0.4, -0.2) is 75.6 Å². The van der Waals surface area contributed by atoms with Gasteiger partial charge in [0.05, 0.1) is 27.7 Å². The fraction of sp³-hybridized carbons (Fsp3) is 0.800. The van der Waals surface area contributed by atoms with Crippen LogP contribution in [0.25, 0.3) is 0 Å². The van der Waals surface area contributed by atoms with Crippen LogP contribution in [-0.2, 0) is 18.3 Å². The Kier molecular flexibility index (Phi) is 24.9. The number of hydrogen-bond donors (Lipinski definition) is 3. The van der Waals surface area contributed by atoms with Crippen molar-refractivity contribution in [2.24, 2.45) is 0 Å². The minimum absolute atomic E-state index is 0.0260. The molecule has 2 unspecified atom stereocenters. The van der Waals surface area contributed by atoms with Gasteiger partial charge in [0.25, 0.3) is 0 Å². The molecule has 1 aromatic rings. The van der Waals surface area contributed by atoms with Gasteiger partial charge in [-0.3, -0.25) is 9.05 Å². The zero-order chi connectivity index (χ0) is 33.9. The van der Waals surface area contributed by atoms with Crippen LogP contribution < -0.4 is 10.6 Å². The van der Waals surface area contributed by atoms with Gasteiger partial charge in [-0.25, -0.2) is 9.36 Å². The first-order valence-corrected chi connectivity index (χ1v) is 19.7. The van der Waals surface area contributed by atoms with Crippen molar-refractivity contribution < 1.29 is 32.5 Å². The molecule has 0 heterocycles. The number of amides is 2. The molecule has 2 atom stereocenters. The van der Waals surface area contributed by atoms with Crippen LogP contribution in [0.4, 0.5) is 10.5 Å². The molecule has 0 aliphatic heterocycles. The summed E-state index contributed by atoms with van der Waals surface area (Å²) in [4.78, 5) is 22.7. The highest BCUT2D eigenvalue weighted by molar-refractivity contribution is 7.47. The molecule has 0 bridgehead atoms. The number of hydrogen-bond acceptors (Lipinski definition) is 5. The zero-order valence-electron chi connectivity index (χ0n) is 29.4. The van der Waals surface area contributed by atoms with Gasteiger partial charge in [0.15, 0.2) is 0 Å². The van der Waals surface area contributed by atoms with Gasteiger partial charge >= 0.3 is 13.9 Å². The Morgan fingerprint density at radius 2 is 1.28 bits per heavy atom. The lowest BCUT2D eigenvalue weighted by molar-refractivity contribution is -0.870. The molecule has 9 nitrogen and oxygen atoms in total. The van der Waals surface area contributed by atoms with Gasteiger partial charge in [0.1, 0.15) is 19.3 Å².